The molecule has 3 aromatic heterocycles. The molecule has 2 unspecified atom stereocenters. The van der Waals surface area contributed by atoms with E-state index in [9.17, 15) is 28.9 Å². The quantitative estimate of drug-likeness (QED) is 0.215. The highest BCUT2D eigenvalue weighted by molar-refractivity contribution is 5.98. The molecule has 15 heteroatoms. The smallest absolute Gasteiger partial charge is 0.387 e. The van der Waals surface area contributed by atoms with Gasteiger partial charge in [-0.3, -0.25) is 9.69 Å². The van der Waals surface area contributed by atoms with Crippen LogP contribution in [-0.2, 0) is 0 Å². The molecule has 7 rings (SSSR count). The third-order valence-corrected chi connectivity index (χ3v) is 7.44. The van der Waals surface area contributed by atoms with Gasteiger partial charge in [0.25, 0.3) is 5.91 Å². The molecule has 4 aromatic rings. The first kappa shape index (κ1) is 30.3. The number of nitrogens with two attached hydrogens (primary N) is 1. The predicted molar refractivity (Wildman–Crippen MR) is 146 cm³/mol. The minimum Gasteiger partial charge on any atom is -0.434 e. The van der Waals surface area contributed by atoms with E-state index in [1.807, 2.05) is 13.8 Å². The Labute approximate surface area is 244 Å². The topological polar surface area (TPSA) is 192 Å². The molecule has 1 aliphatic heterocycles. The van der Waals surface area contributed by atoms with E-state index >= 15 is 0 Å². The van der Waals surface area contributed by atoms with Gasteiger partial charge in [0.15, 0.2) is 0 Å². The summed E-state index contributed by atoms with van der Waals surface area (Å²) in [5.41, 5.74) is 7.87. The van der Waals surface area contributed by atoms with E-state index in [2.05, 4.69) is 20.1 Å². The molecule has 2 bridgehead atoms. The molecule has 2 aliphatic carbocycles. The normalized spacial score (nSPS) is 22.0. The van der Waals surface area contributed by atoms with Gasteiger partial charge in [0.05, 0.1) is 29.1 Å². The summed E-state index contributed by atoms with van der Waals surface area (Å²) >= 11 is 0. The van der Waals surface area contributed by atoms with Gasteiger partial charge in [-0.2, -0.15) is 13.9 Å². The molecule has 43 heavy (non-hydrogen) atoms. The largest absolute Gasteiger partial charge is 0.434 e. The highest BCUT2D eigenvalue weighted by Gasteiger charge is 2.52. The van der Waals surface area contributed by atoms with Gasteiger partial charge in [0.2, 0.25) is 0 Å². The lowest BCUT2D eigenvalue weighted by molar-refractivity contribution is -0.385. The third kappa shape index (κ3) is 5.64. The Kier molecular flexibility index (Phi) is 8.36. The molecular weight excluding hydrogens is 568 g/mol. The number of aromatic nitrogens is 5. The molecule has 1 saturated carbocycles. The number of halogens is 2. The Morgan fingerprint density at radius 1 is 1.09 bits per heavy atom. The fourth-order valence-electron chi connectivity index (χ4n) is 5.66. The predicted octanol–water partition coefficient (Wildman–Crippen LogP) is 1.90. The first-order chi connectivity index (χ1) is 20.5. The Bertz CT molecular complexity index is 1600. The summed E-state index contributed by atoms with van der Waals surface area (Å²) in [5, 5.41) is 43.3. The van der Waals surface area contributed by atoms with Crippen molar-refractivity contribution < 1.29 is 38.7 Å². The van der Waals surface area contributed by atoms with Crippen molar-refractivity contribution in [1.29, 1.82) is 0 Å². The molecule has 3 aliphatic rings. The number of ether oxygens (including phenoxy) is 1. The first-order valence-corrected chi connectivity index (χ1v) is 13.7. The monoisotopic (exact) mass is 599 g/mol. The van der Waals surface area contributed by atoms with Crippen LogP contribution >= 0.6 is 0 Å². The zero-order valence-corrected chi connectivity index (χ0v) is 23.2. The number of carbonyl (C=O) groups excluding carboxylic acids is 1. The van der Waals surface area contributed by atoms with Crippen LogP contribution in [0.4, 0.5) is 8.78 Å². The zero-order valence-electron chi connectivity index (χ0n) is 23.2. The molecule has 0 saturated heterocycles. The molecule has 13 nitrogen and oxygen atoms in total. The van der Waals surface area contributed by atoms with Crippen molar-refractivity contribution in [3.63, 3.8) is 0 Å². The van der Waals surface area contributed by atoms with Gasteiger partial charge in [-0.05, 0) is 37.5 Å². The van der Waals surface area contributed by atoms with Crippen molar-refractivity contribution in [2.24, 2.45) is 5.73 Å². The number of amides is 1. The highest BCUT2D eigenvalue weighted by atomic mass is 19.3. The summed E-state index contributed by atoms with van der Waals surface area (Å²) in [5.74, 6) is -1.88. The number of benzene rings is 1. The van der Waals surface area contributed by atoms with Gasteiger partial charge in [-0.1, -0.05) is 19.9 Å². The summed E-state index contributed by atoms with van der Waals surface area (Å²) in [6, 6.07) is 4.94. The lowest BCUT2D eigenvalue weighted by Crippen LogP contribution is -2.53. The van der Waals surface area contributed by atoms with Crippen LogP contribution in [0.15, 0.2) is 49.3 Å². The number of hydrogen-bond donors (Lipinski definition) is 5. The van der Waals surface area contributed by atoms with Crippen molar-refractivity contribution in [1.82, 2.24) is 29.5 Å². The van der Waals surface area contributed by atoms with Crippen molar-refractivity contribution in [3.8, 4) is 17.0 Å². The van der Waals surface area contributed by atoms with Gasteiger partial charge in [-0.25, -0.2) is 19.5 Å². The SMILES string of the molecule is CC.NC1CC(O)C1.O=C1c2cccc(OC(F)F)c2C2CC(c3nn4cnc(-c5cncnc5)cc4c32)N1C(O)(O)O. The Balaban J connectivity index is 0.000000406. The maximum atomic E-state index is 13.3. The Morgan fingerprint density at radius 3 is 2.37 bits per heavy atom. The van der Waals surface area contributed by atoms with Crippen LogP contribution in [0.5, 0.6) is 5.75 Å². The maximum Gasteiger partial charge on any atom is 0.387 e. The molecule has 228 valence electrons. The molecular formula is C28H31F2N7O6. The second-order valence-corrected chi connectivity index (χ2v) is 10.1. The van der Waals surface area contributed by atoms with Crippen molar-refractivity contribution >= 4 is 11.4 Å². The second-order valence-electron chi connectivity index (χ2n) is 10.1. The molecule has 6 N–H and O–H groups in total. The number of alkyl halides is 2. The van der Waals surface area contributed by atoms with E-state index in [1.54, 1.807) is 18.5 Å². The van der Waals surface area contributed by atoms with Crippen LogP contribution in [0.3, 0.4) is 0 Å². The van der Waals surface area contributed by atoms with E-state index in [0.29, 0.717) is 33.3 Å². The highest BCUT2D eigenvalue weighted by Crippen LogP contribution is 2.54. The second kappa shape index (κ2) is 11.9. The Hall–Kier alpha value is -4.15. The van der Waals surface area contributed by atoms with E-state index in [0.717, 1.165) is 12.8 Å². The number of aliphatic hydroxyl groups excluding tert-OH is 1. The lowest BCUT2D eigenvalue weighted by Gasteiger charge is -2.34. The summed E-state index contributed by atoms with van der Waals surface area (Å²) in [6.07, 6.45) is 4.01. The number of carbonyl (C=O) groups is 1. The molecule has 1 amide bonds. The van der Waals surface area contributed by atoms with Gasteiger partial charge in [0, 0.05) is 46.6 Å². The van der Waals surface area contributed by atoms with Gasteiger partial charge >= 0.3 is 12.7 Å². The maximum absolute atomic E-state index is 13.3. The molecule has 1 aromatic carbocycles. The van der Waals surface area contributed by atoms with E-state index < -0.39 is 30.6 Å². The van der Waals surface area contributed by atoms with Gasteiger partial charge in [0.1, 0.15) is 18.4 Å². The third-order valence-electron chi connectivity index (χ3n) is 7.44. The Morgan fingerprint density at radius 2 is 1.79 bits per heavy atom. The minimum atomic E-state index is -3.53. The number of aliphatic hydroxyl groups is 4. The zero-order chi connectivity index (χ0) is 31.1. The summed E-state index contributed by atoms with van der Waals surface area (Å²) in [6.45, 7) is 0.845. The van der Waals surface area contributed by atoms with Crippen LogP contribution in [-0.4, -0.2) is 80.7 Å². The van der Waals surface area contributed by atoms with Crippen molar-refractivity contribution in [2.45, 2.75) is 69.9 Å². The molecule has 4 heterocycles. The number of fused-ring (bicyclic) bond motifs is 9. The molecule has 2 atom stereocenters. The molecule has 0 spiro atoms. The number of rotatable bonds is 4. The van der Waals surface area contributed by atoms with E-state index in [-0.39, 0.29) is 35.1 Å². The van der Waals surface area contributed by atoms with E-state index in [1.165, 1.54) is 35.4 Å². The van der Waals surface area contributed by atoms with E-state index in [4.69, 9.17) is 15.6 Å². The summed E-state index contributed by atoms with van der Waals surface area (Å²) < 4.78 is 32.7. The molecule has 0 radical (unpaired) electrons. The fourth-order valence-corrected chi connectivity index (χ4v) is 5.66. The number of nitrogens with zero attached hydrogens (tertiary/aromatic N) is 6. The minimum absolute atomic E-state index is 0.0477. The summed E-state index contributed by atoms with van der Waals surface area (Å²) in [4.78, 5) is 26.1. The first-order valence-electron chi connectivity index (χ1n) is 13.7. The summed E-state index contributed by atoms with van der Waals surface area (Å²) in [7, 11) is 0. The van der Waals surface area contributed by atoms with Crippen LogP contribution in [0.25, 0.3) is 16.8 Å². The fraction of sp³-hybridized carbons (Fsp3) is 0.393. The van der Waals surface area contributed by atoms with Crippen LogP contribution in [0, 0.1) is 0 Å². The van der Waals surface area contributed by atoms with Crippen molar-refractivity contribution in [3.05, 3.63) is 71.7 Å². The molecule has 1 fully saturated rings. The van der Waals surface area contributed by atoms with Gasteiger partial charge in [-0.15, -0.1) is 0 Å². The van der Waals surface area contributed by atoms with Crippen LogP contribution in [0.2, 0.25) is 0 Å². The van der Waals surface area contributed by atoms with Crippen LogP contribution in [0.1, 0.15) is 72.2 Å². The van der Waals surface area contributed by atoms with Gasteiger partial charge < -0.3 is 30.9 Å². The van der Waals surface area contributed by atoms with Crippen LogP contribution < -0.4 is 10.5 Å². The standard InChI is InChI=1S/C22H16F2N6O5.C4H9NO.C2H6/c23-21(24)35-16-3-1-2-11-17(16)12-4-15(30(20(11)31)22(32,33)34)19-18(12)14-5-13(27-9-29(14)28-19)10-6-25-8-26-7-10;5-3-1-4(6)2-3;1-2/h1-3,5-9,12,15,21,32-34H,4H2;3-4,6H,1-2,5H2;1-2H3. The lowest BCUT2D eigenvalue weighted by atomic mass is 9.88. The van der Waals surface area contributed by atoms with Crippen molar-refractivity contribution in [2.75, 3.05) is 0 Å². The average molecular weight is 600 g/mol. The average Bonchev–Trinajstić information content (AvgIpc) is 3.46. The number of hydrogen-bond acceptors (Lipinski definition) is 11.